The Morgan fingerprint density at radius 1 is 1.14 bits per heavy atom. The number of hydrogen-bond acceptors (Lipinski definition) is 1. The molecule has 0 saturated carbocycles. The van der Waals surface area contributed by atoms with Crippen LogP contribution in [0.5, 0.6) is 0 Å². The molecule has 0 spiro atoms. The number of hydrogen-bond donors (Lipinski definition) is 0. The van der Waals surface area contributed by atoms with Gasteiger partial charge in [-0.25, -0.2) is 0 Å². The zero-order chi connectivity index (χ0) is 16.7. The highest BCUT2D eigenvalue weighted by Crippen LogP contribution is 2.47. The zero-order valence-electron chi connectivity index (χ0n) is 11.8. The second-order valence-electron chi connectivity index (χ2n) is 5.18. The van der Waals surface area contributed by atoms with Crippen LogP contribution in [-0.2, 0) is 6.18 Å². The first-order valence-corrected chi connectivity index (χ1v) is 7.55. The summed E-state index contributed by atoms with van der Waals surface area (Å²) in [6.45, 7) is 0. The van der Waals surface area contributed by atoms with Gasteiger partial charge >= 0.3 is 6.18 Å². The van der Waals surface area contributed by atoms with Gasteiger partial charge in [0, 0.05) is 30.1 Å². The Balaban J connectivity index is 2.65. The summed E-state index contributed by atoms with van der Waals surface area (Å²) in [5, 5.41) is 1.01. The van der Waals surface area contributed by atoms with Crippen molar-refractivity contribution in [2.75, 3.05) is 19.0 Å². The predicted octanol–water partition coefficient (Wildman–Crippen LogP) is 6.07. The Bertz CT molecular complexity index is 648. The highest BCUT2D eigenvalue weighted by atomic mass is 35.5. The fraction of sp³-hybridized carbons (Fsp3) is 0.333. The largest absolute Gasteiger partial charge is 0.418 e. The molecule has 1 atom stereocenters. The molecule has 0 bridgehead atoms. The first-order chi connectivity index (χ1) is 10.1. The highest BCUT2D eigenvalue weighted by molar-refractivity contribution is 6.42. The second kappa shape index (κ2) is 6.34. The van der Waals surface area contributed by atoms with Crippen molar-refractivity contribution >= 4 is 40.5 Å². The lowest BCUT2D eigenvalue weighted by Crippen LogP contribution is -2.20. The summed E-state index contributed by atoms with van der Waals surface area (Å²) in [5.41, 5.74) is -0.176. The topological polar surface area (TPSA) is 3.24 Å². The van der Waals surface area contributed by atoms with E-state index in [4.69, 9.17) is 34.8 Å². The van der Waals surface area contributed by atoms with Crippen molar-refractivity contribution in [2.24, 2.45) is 0 Å². The molecule has 0 aliphatic heterocycles. The van der Waals surface area contributed by atoms with Gasteiger partial charge in [-0.2, -0.15) is 13.2 Å². The molecule has 2 rings (SSSR count). The minimum atomic E-state index is -4.45. The van der Waals surface area contributed by atoms with Gasteiger partial charge in [0.05, 0.1) is 16.3 Å². The SMILES string of the molecule is CN(C)c1c(C2CC(Cl)=CC(Cl)=C2Cl)cccc1C(F)(F)F. The quantitative estimate of drug-likeness (QED) is 0.610. The number of halogens is 6. The van der Waals surface area contributed by atoms with Gasteiger partial charge in [0.1, 0.15) is 0 Å². The Labute approximate surface area is 141 Å². The van der Waals surface area contributed by atoms with Crippen LogP contribution < -0.4 is 4.90 Å². The highest BCUT2D eigenvalue weighted by Gasteiger charge is 2.37. The molecule has 0 radical (unpaired) electrons. The van der Waals surface area contributed by atoms with E-state index >= 15 is 0 Å². The van der Waals surface area contributed by atoms with Gasteiger partial charge in [0.25, 0.3) is 0 Å². The van der Waals surface area contributed by atoms with E-state index in [9.17, 15) is 13.2 Å². The maximum absolute atomic E-state index is 13.3. The zero-order valence-corrected chi connectivity index (χ0v) is 14.1. The molecule has 1 aromatic carbocycles. The van der Waals surface area contributed by atoms with Crippen LogP contribution in [0.15, 0.2) is 39.4 Å². The number of nitrogens with zero attached hydrogens (tertiary/aromatic N) is 1. The van der Waals surface area contributed by atoms with Gasteiger partial charge in [-0.05, 0) is 24.1 Å². The van der Waals surface area contributed by atoms with Crippen molar-refractivity contribution in [3.8, 4) is 0 Å². The average Bonchev–Trinajstić information content (AvgIpc) is 2.40. The summed E-state index contributed by atoms with van der Waals surface area (Å²) >= 11 is 18.3. The lowest BCUT2D eigenvalue weighted by atomic mass is 9.88. The van der Waals surface area contributed by atoms with Crippen molar-refractivity contribution < 1.29 is 13.2 Å². The molecule has 0 saturated heterocycles. The summed E-state index contributed by atoms with van der Waals surface area (Å²) in [6.07, 6.45) is -2.62. The molecule has 0 heterocycles. The molecule has 0 fully saturated rings. The number of alkyl halides is 3. The maximum Gasteiger partial charge on any atom is 0.418 e. The molecule has 0 N–H and O–H groups in total. The molecule has 1 nitrogen and oxygen atoms in total. The summed E-state index contributed by atoms with van der Waals surface area (Å²) in [7, 11) is 3.13. The number of rotatable bonds is 2. The van der Waals surface area contributed by atoms with Crippen LogP contribution in [0.1, 0.15) is 23.5 Å². The number of para-hydroxylation sites is 1. The number of benzene rings is 1. The van der Waals surface area contributed by atoms with Crippen molar-refractivity contribution in [3.63, 3.8) is 0 Å². The fourth-order valence-electron chi connectivity index (χ4n) is 2.53. The lowest BCUT2D eigenvalue weighted by Gasteiger charge is -2.28. The van der Waals surface area contributed by atoms with E-state index in [-0.39, 0.29) is 10.7 Å². The van der Waals surface area contributed by atoms with Gasteiger partial charge in [-0.15, -0.1) is 0 Å². The van der Waals surface area contributed by atoms with E-state index in [2.05, 4.69) is 0 Å². The molecular weight excluding hydrogens is 358 g/mol. The van der Waals surface area contributed by atoms with Crippen molar-refractivity contribution in [2.45, 2.75) is 18.5 Å². The Kier molecular flexibility index (Phi) is 5.05. The van der Waals surface area contributed by atoms with Crippen LogP contribution in [0.25, 0.3) is 0 Å². The molecule has 22 heavy (non-hydrogen) atoms. The normalized spacial score (nSPS) is 19.3. The predicted molar refractivity (Wildman–Crippen MR) is 85.8 cm³/mol. The molecule has 1 aliphatic rings. The average molecular weight is 371 g/mol. The van der Waals surface area contributed by atoms with Crippen LogP contribution in [0, 0.1) is 0 Å². The Morgan fingerprint density at radius 2 is 1.77 bits per heavy atom. The molecule has 1 aromatic rings. The maximum atomic E-state index is 13.3. The lowest BCUT2D eigenvalue weighted by molar-refractivity contribution is -0.137. The third kappa shape index (κ3) is 3.39. The van der Waals surface area contributed by atoms with Gasteiger partial charge in [0.15, 0.2) is 0 Å². The number of allylic oxidation sites excluding steroid dienone is 4. The molecule has 0 amide bonds. The van der Waals surface area contributed by atoms with Crippen molar-refractivity contribution in [3.05, 3.63) is 50.5 Å². The fourth-order valence-corrected chi connectivity index (χ4v) is 3.37. The second-order valence-corrected chi connectivity index (χ2v) is 6.48. The standard InChI is InChI=1S/C15H13Cl3F3N/c1-22(2)14-9(4-3-5-11(14)15(19,20)21)10-6-8(16)7-12(17)13(10)18/h3-5,7,10H,6H2,1-2H3. The van der Waals surface area contributed by atoms with E-state index in [0.29, 0.717) is 22.0 Å². The Hall–Kier alpha value is -0.840. The van der Waals surface area contributed by atoms with Gasteiger partial charge in [0.2, 0.25) is 0 Å². The summed E-state index contributed by atoms with van der Waals surface area (Å²) in [5.74, 6) is -0.494. The van der Waals surface area contributed by atoms with Gasteiger partial charge in [-0.1, -0.05) is 46.9 Å². The van der Waals surface area contributed by atoms with Gasteiger partial charge < -0.3 is 4.90 Å². The van der Waals surface area contributed by atoms with Crippen LogP contribution >= 0.6 is 34.8 Å². The first-order valence-electron chi connectivity index (χ1n) is 6.41. The molecule has 7 heteroatoms. The molecule has 1 unspecified atom stereocenters. The Morgan fingerprint density at radius 3 is 2.32 bits per heavy atom. The van der Waals surface area contributed by atoms with Crippen molar-refractivity contribution in [1.82, 2.24) is 0 Å². The smallest absolute Gasteiger partial charge is 0.377 e. The molecule has 1 aliphatic carbocycles. The summed E-state index contributed by atoms with van der Waals surface area (Å²) in [6, 6.07) is 4.05. The molecule has 120 valence electrons. The van der Waals surface area contributed by atoms with E-state index in [1.54, 1.807) is 20.2 Å². The first kappa shape index (κ1) is 17.5. The van der Waals surface area contributed by atoms with Crippen LogP contribution in [0.4, 0.5) is 18.9 Å². The summed E-state index contributed by atoms with van der Waals surface area (Å²) in [4.78, 5) is 1.43. The van der Waals surface area contributed by atoms with Gasteiger partial charge in [-0.3, -0.25) is 0 Å². The number of anilines is 1. The van der Waals surface area contributed by atoms with Crippen molar-refractivity contribution in [1.29, 1.82) is 0 Å². The third-order valence-electron chi connectivity index (χ3n) is 3.41. The van der Waals surface area contributed by atoms with Crippen LogP contribution in [0.3, 0.4) is 0 Å². The van der Waals surface area contributed by atoms with Crippen LogP contribution in [0.2, 0.25) is 0 Å². The summed E-state index contributed by atoms with van der Waals surface area (Å²) < 4.78 is 39.8. The minimum Gasteiger partial charge on any atom is -0.377 e. The van der Waals surface area contributed by atoms with E-state index in [1.165, 1.54) is 17.0 Å². The van der Waals surface area contributed by atoms with Crippen LogP contribution in [-0.4, -0.2) is 14.1 Å². The monoisotopic (exact) mass is 369 g/mol. The molecular formula is C15H13Cl3F3N. The molecule has 0 aromatic heterocycles. The van der Waals surface area contributed by atoms with E-state index in [1.807, 2.05) is 0 Å². The van der Waals surface area contributed by atoms with E-state index in [0.717, 1.165) is 6.07 Å². The minimum absolute atomic E-state index is 0.0778. The third-order valence-corrected chi connectivity index (χ3v) is 4.55. The van der Waals surface area contributed by atoms with E-state index < -0.39 is 17.7 Å².